The van der Waals surface area contributed by atoms with Gasteiger partial charge in [-0.15, -0.1) is 0 Å². The Morgan fingerprint density at radius 2 is 1.97 bits per heavy atom. The predicted molar refractivity (Wildman–Crippen MR) is 138 cm³/mol. The first-order chi connectivity index (χ1) is 17.8. The fraction of sp³-hybridized carbons (Fsp3) is 0.167. The number of pyridine rings is 1. The van der Waals surface area contributed by atoms with Crippen LogP contribution in [-0.2, 0) is 13.6 Å². The molecule has 5 aromatic rings. The number of aromatic nitrogens is 7. The van der Waals surface area contributed by atoms with Crippen LogP contribution in [0.2, 0.25) is 0 Å². The summed E-state index contributed by atoms with van der Waals surface area (Å²) in [6.07, 6.45) is 8.64. The summed E-state index contributed by atoms with van der Waals surface area (Å²) in [6.45, 7) is 0.185. The minimum Gasteiger partial charge on any atom is -0.478 e. The zero-order valence-electron chi connectivity index (χ0n) is 20.1. The van der Waals surface area contributed by atoms with Crippen molar-refractivity contribution in [2.45, 2.75) is 6.54 Å². The van der Waals surface area contributed by atoms with Gasteiger partial charge in [0.2, 0.25) is 0 Å². The highest BCUT2D eigenvalue weighted by Gasteiger charge is 2.19. The maximum absolute atomic E-state index is 14.5. The fourth-order valence-electron chi connectivity index (χ4n) is 3.71. The number of benzene rings is 1. The average Bonchev–Trinajstić information content (AvgIpc) is 3.49. The van der Waals surface area contributed by atoms with E-state index in [0.717, 1.165) is 11.6 Å². The van der Waals surface area contributed by atoms with Crippen molar-refractivity contribution in [3.05, 3.63) is 78.5 Å². The lowest BCUT2D eigenvalue weighted by Gasteiger charge is -2.25. The van der Waals surface area contributed by atoms with E-state index < -0.39 is 11.8 Å². The molecule has 0 fully saturated rings. The molecular formula is C24H22FN9O2S. The molecule has 0 aliphatic rings. The first-order valence-corrected chi connectivity index (χ1v) is 11.8. The summed E-state index contributed by atoms with van der Waals surface area (Å²) in [6, 6.07) is 7.15. The minimum atomic E-state index is -1.23. The number of aryl methyl sites for hydroxylation is 1. The molecular weight excluding hydrogens is 497 g/mol. The molecule has 0 aliphatic carbocycles. The standard InChI is InChI=1S/C24H22FN9O2S/c1-31(2)37-34-7-6-26-22(34)14-33(18-9-15(24(35)36)8-17(25)10-18)21-5-4-19-23(30-21)29-20(12-27-19)16-11-28-32(3)13-16/h4-13H,14H2,1-3H3,(H,35,36). The largest absolute Gasteiger partial charge is 0.478 e. The van der Waals surface area contributed by atoms with E-state index in [2.05, 4.69) is 20.1 Å². The van der Waals surface area contributed by atoms with Gasteiger partial charge >= 0.3 is 5.97 Å². The van der Waals surface area contributed by atoms with Crippen LogP contribution >= 0.6 is 12.1 Å². The van der Waals surface area contributed by atoms with E-state index in [1.165, 1.54) is 24.3 Å². The van der Waals surface area contributed by atoms with Crippen molar-refractivity contribution in [3.8, 4) is 11.3 Å². The van der Waals surface area contributed by atoms with Crippen LogP contribution in [0.25, 0.3) is 22.4 Å². The summed E-state index contributed by atoms with van der Waals surface area (Å²) in [5, 5.41) is 13.7. The molecule has 0 saturated carbocycles. The smallest absolute Gasteiger partial charge is 0.335 e. The van der Waals surface area contributed by atoms with Gasteiger partial charge in [0.25, 0.3) is 0 Å². The molecule has 0 unspecified atom stereocenters. The number of rotatable bonds is 8. The van der Waals surface area contributed by atoms with Crippen molar-refractivity contribution in [1.82, 2.24) is 38.0 Å². The molecule has 4 heterocycles. The number of fused-ring (bicyclic) bond motifs is 1. The number of anilines is 2. The van der Waals surface area contributed by atoms with Crippen molar-refractivity contribution >= 4 is 40.8 Å². The molecule has 0 aliphatic heterocycles. The molecule has 0 atom stereocenters. The number of carboxylic acids is 1. The van der Waals surface area contributed by atoms with Gasteiger partial charge < -0.3 is 10.0 Å². The Morgan fingerprint density at radius 3 is 2.70 bits per heavy atom. The van der Waals surface area contributed by atoms with Crippen molar-refractivity contribution in [3.63, 3.8) is 0 Å². The SMILES string of the molecule is CN(C)Sn1ccnc1CN(c1cc(F)cc(C(=O)O)c1)c1ccc2ncc(-c3cnn(C)c3)nc2n1. The van der Waals surface area contributed by atoms with Gasteiger partial charge in [0, 0.05) is 49.0 Å². The Morgan fingerprint density at radius 1 is 1.14 bits per heavy atom. The van der Waals surface area contributed by atoms with Gasteiger partial charge in [-0.2, -0.15) is 5.10 Å². The summed E-state index contributed by atoms with van der Waals surface area (Å²) in [5.74, 6) is -0.831. The second kappa shape index (κ2) is 9.95. The molecule has 0 saturated heterocycles. The molecule has 0 bridgehead atoms. The Labute approximate surface area is 215 Å². The lowest BCUT2D eigenvalue weighted by atomic mass is 10.1. The third kappa shape index (κ3) is 5.27. The van der Waals surface area contributed by atoms with Crippen LogP contribution < -0.4 is 4.90 Å². The number of hydrogen-bond acceptors (Lipinski definition) is 9. The molecule has 188 valence electrons. The molecule has 0 amide bonds. The molecule has 37 heavy (non-hydrogen) atoms. The second-order valence-electron chi connectivity index (χ2n) is 8.32. The van der Waals surface area contributed by atoms with Crippen LogP contribution in [0.15, 0.2) is 61.3 Å². The first kappa shape index (κ1) is 24.3. The molecule has 13 heteroatoms. The molecule has 1 aromatic carbocycles. The summed E-state index contributed by atoms with van der Waals surface area (Å²) >= 11 is 1.42. The van der Waals surface area contributed by atoms with Gasteiger partial charge in [0.15, 0.2) is 5.65 Å². The van der Waals surface area contributed by atoms with E-state index in [-0.39, 0.29) is 12.1 Å². The van der Waals surface area contributed by atoms with Crippen molar-refractivity contribution in [1.29, 1.82) is 0 Å². The number of nitrogens with zero attached hydrogens (tertiary/aromatic N) is 9. The number of imidazole rings is 1. The van der Waals surface area contributed by atoms with E-state index >= 15 is 0 Å². The summed E-state index contributed by atoms with van der Waals surface area (Å²) in [7, 11) is 5.62. The molecule has 0 radical (unpaired) electrons. The Kier molecular flexibility index (Phi) is 6.54. The molecule has 0 spiro atoms. The molecule has 11 nitrogen and oxygen atoms in total. The maximum Gasteiger partial charge on any atom is 0.335 e. The number of hydrogen-bond donors (Lipinski definition) is 1. The Hall–Kier alpha value is -4.36. The summed E-state index contributed by atoms with van der Waals surface area (Å²) in [5.41, 5.74) is 2.49. The quantitative estimate of drug-likeness (QED) is 0.304. The highest BCUT2D eigenvalue weighted by molar-refractivity contribution is 7.95. The fourth-order valence-corrected chi connectivity index (χ4v) is 4.37. The normalized spacial score (nSPS) is 11.4. The van der Waals surface area contributed by atoms with Crippen LogP contribution in [0.3, 0.4) is 0 Å². The number of halogens is 1. The van der Waals surface area contributed by atoms with Gasteiger partial charge in [-0.25, -0.2) is 28.4 Å². The Balaban J connectivity index is 1.62. The zero-order chi connectivity index (χ0) is 26.1. The maximum atomic E-state index is 14.5. The Bertz CT molecular complexity index is 1600. The zero-order valence-corrected chi connectivity index (χ0v) is 21.0. The van der Waals surface area contributed by atoms with E-state index in [4.69, 9.17) is 4.98 Å². The average molecular weight is 520 g/mol. The predicted octanol–water partition coefficient (Wildman–Crippen LogP) is 3.77. The van der Waals surface area contributed by atoms with Crippen LogP contribution in [-0.4, -0.2) is 63.2 Å². The summed E-state index contributed by atoms with van der Waals surface area (Å²) < 4.78 is 20.0. The minimum absolute atomic E-state index is 0.176. The first-order valence-electron chi connectivity index (χ1n) is 11.1. The van der Waals surface area contributed by atoms with Crippen LogP contribution in [0.4, 0.5) is 15.9 Å². The van der Waals surface area contributed by atoms with E-state index in [1.807, 2.05) is 41.8 Å². The monoisotopic (exact) mass is 519 g/mol. The van der Waals surface area contributed by atoms with Crippen LogP contribution in [0.1, 0.15) is 16.2 Å². The lowest BCUT2D eigenvalue weighted by Crippen LogP contribution is -2.21. The number of carbonyl (C=O) groups is 1. The van der Waals surface area contributed by atoms with Gasteiger partial charge in [-0.05, 0) is 44.4 Å². The molecule has 5 rings (SSSR count). The van der Waals surface area contributed by atoms with Crippen LogP contribution in [0.5, 0.6) is 0 Å². The van der Waals surface area contributed by atoms with Crippen LogP contribution in [0, 0.1) is 5.82 Å². The number of carboxylic acid groups (broad SMARTS) is 1. The second-order valence-corrected chi connectivity index (χ2v) is 9.61. The van der Waals surface area contributed by atoms with Crippen molar-refractivity contribution in [2.75, 3.05) is 19.0 Å². The topological polar surface area (TPSA) is 118 Å². The number of aromatic carboxylic acids is 1. The lowest BCUT2D eigenvalue weighted by molar-refractivity contribution is 0.0696. The molecule has 1 N–H and O–H groups in total. The van der Waals surface area contributed by atoms with Gasteiger partial charge in [-0.1, -0.05) is 0 Å². The third-order valence-corrected chi connectivity index (χ3v) is 6.18. The molecule has 4 aromatic heterocycles. The highest BCUT2D eigenvalue weighted by atomic mass is 32.2. The highest BCUT2D eigenvalue weighted by Crippen LogP contribution is 2.30. The van der Waals surface area contributed by atoms with Crippen molar-refractivity contribution in [2.24, 2.45) is 7.05 Å². The third-order valence-electron chi connectivity index (χ3n) is 5.34. The van der Waals surface area contributed by atoms with Crippen molar-refractivity contribution < 1.29 is 14.3 Å². The van der Waals surface area contributed by atoms with Gasteiger partial charge in [-0.3, -0.25) is 13.6 Å². The summed E-state index contributed by atoms with van der Waals surface area (Å²) in [4.78, 5) is 31.7. The van der Waals surface area contributed by atoms with Gasteiger partial charge in [0.05, 0.1) is 30.2 Å². The van der Waals surface area contributed by atoms with E-state index in [9.17, 15) is 14.3 Å². The van der Waals surface area contributed by atoms with E-state index in [1.54, 1.807) is 40.3 Å². The van der Waals surface area contributed by atoms with E-state index in [0.29, 0.717) is 34.2 Å². The van der Waals surface area contributed by atoms with Gasteiger partial charge in [0.1, 0.15) is 23.0 Å².